The molecule has 0 aliphatic carbocycles. The second-order valence-electron chi connectivity index (χ2n) is 5.79. The fraction of sp³-hybridized carbons (Fsp3) is 0.647. The van der Waals surface area contributed by atoms with Crippen molar-refractivity contribution in [3.05, 3.63) is 23.8 Å². The Kier molecular flexibility index (Phi) is 6.33. The molecule has 0 bridgehead atoms. The first-order valence-electron chi connectivity index (χ1n) is 8.05. The third kappa shape index (κ3) is 5.21. The molecule has 2 N–H and O–H groups in total. The standard InChI is InChI=1S/C17H28N2O2/c1-3-20-17-13-15(12-14(2)18)6-7-16(17)21-11-10-19-8-4-5-9-19/h6-7,13-14H,3-5,8-12,18H2,1-2H3. The van der Waals surface area contributed by atoms with Crippen molar-refractivity contribution in [2.24, 2.45) is 5.73 Å². The van der Waals surface area contributed by atoms with Crippen molar-refractivity contribution in [2.45, 2.75) is 39.2 Å². The van der Waals surface area contributed by atoms with Crippen molar-refractivity contribution in [3.63, 3.8) is 0 Å². The monoisotopic (exact) mass is 292 g/mol. The molecule has 1 fully saturated rings. The topological polar surface area (TPSA) is 47.7 Å². The van der Waals surface area contributed by atoms with Gasteiger partial charge in [-0.3, -0.25) is 4.90 Å². The molecule has 0 amide bonds. The van der Waals surface area contributed by atoms with E-state index in [1.807, 2.05) is 19.9 Å². The Morgan fingerprint density at radius 1 is 1.19 bits per heavy atom. The average Bonchev–Trinajstić information content (AvgIpc) is 2.94. The highest BCUT2D eigenvalue weighted by Gasteiger charge is 2.12. The van der Waals surface area contributed by atoms with Crippen molar-refractivity contribution in [2.75, 3.05) is 32.8 Å². The van der Waals surface area contributed by atoms with Crippen LogP contribution in [0.15, 0.2) is 18.2 Å². The van der Waals surface area contributed by atoms with Crippen LogP contribution in [-0.4, -0.2) is 43.8 Å². The summed E-state index contributed by atoms with van der Waals surface area (Å²) in [5.74, 6) is 1.67. The molecule has 1 atom stereocenters. The first-order valence-corrected chi connectivity index (χ1v) is 8.05. The Morgan fingerprint density at radius 3 is 2.62 bits per heavy atom. The number of hydrogen-bond donors (Lipinski definition) is 1. The molecule has 1 unspecified atom stereocenters. The molecule has 0 spiro atoms. The van der Waals surface area contributed by atoms with Gasteiger partial charge in [-0.2, -0.15) is 0 Å². The van der Waals surface area contributed by atoms with Gasteiger partial charge in [-0.15, -0.1) is 0 Å². The Hall–Kier alpha value is -1.26. The zero-order chi connectivity index (χ0) is 15.1. The minimum Gasteiger partial charge on any atom is -0.490 e. The van der Waals surface area contributed by atoms with Crippen LogP contribution in [0, 0.1) is 0 Å². The van der Waals surface area contributed by atoms with Crippen LogP contribution in [0.3, 0.4) is 0 Å². The lowest BCUT2D eigenvalue weighted by Gasteiger charge is -2.17. The summed E-state index contributed by atoms with van der Waals surface area (Å²) in [7, 11) is 0. The van der Waals surface area contributed by atoms with Gasteiger partial charge < -0.3 is 15.2 Å². The van der Waals surface area contributed by atoms with Gasteiger partial charge in [0.15, 0.2) is 11.5 Å². The van der Waals surface area contributed by atoms with Crippen LogP contribution < -0.4 is 15.2 Å². The molecule has 1 aliphatic rings. The maximum Gasteiger partial charge on any atom is 0.161 e. The molecule has 4 nitrogen and oxygen atoms in total. The first kappa shape index (κ1) is 16.1. The third-order valence-corrected chi connectivity index (χ3v) is 3.73. The summed E-state index contributed by atoms with van der Waals surface area (Å²) in [6.45, 7) is 8.76. The number of ether oxygens (including phenoxy) is 2. The summed E-state index contributed by atoms with van der Waals surface area (Å²) in [4.78, 5) is 2.45. The molecule has 1 saturated heterocycles. The molecule has 1 aromatic carbocycles. The lowest BCUT2D eigenvalue weighted by Crippen LogP contribution is -2.25. The first-order chi connectivity index (χ1) is 10.2. The average molecular weight is 292 g/mol. The number of nitrogens with two attached hydrogens (primary N) is 1. The number of hydrogen-bond acceptors (Lipinski definition) is 4. The molecule has 2 rings (SSSR count). The maximum absolute atomic E-state index is 5.91. The van der Waals surface area contributed by atoms with Crippen LogP contribution in [-0.2, 0) is 6.42 Å². The molecular weight excluding hydrogens is 264 g/mol. The Bertz CT molecular complexity index is 429. The van der Waals surface area contributed by atoms with E-state index in [9.17, 15) is 0 Å². The molecule has 0 saturated carbocycles. The van der Waals surface area contributed by atoms with Crippen molar-refractivity contribution in [1.82, 2.24) is 4.90 Å². The van der Waals surface area contributed by atoms with E-state index in [1.165, 1.54) is 31.5 Å². The molecule has 1 heterocycles. The van der Waals surface area contributed by atoms with Gasteiger partial charge in [-0.05, 0) is 63.9 Å². The second kappa shape index (κ2) is 8.25. The predicted molar refractivity (Wildman–Crippen MR) is 86.1 cm³/mol. The van der Waals surface area contributed by atoms with Gasteiger partial charge in [-0.1, -0.05) is 6.07 Å². The maximum atomic E-state index is 5.91. The Balaban J connectivity index is 1.92. The van der Waals surface area contributed by atoms with Crippen molar-refractivity contribution >= 4 is 0 Å². The van der Waals surface area contributed by atoms with E-state index in [2.05, 4.69) is 17.0 Å². The second-order valence-corrected chi connectivity index (χ2v) is 5.79. The van der Waals surface area contributed by atoms with E-state index in [4.69, 9.17) is 15.2 Å². The van der Waals surface area contributed by atoms with Crippen molar-refractivity contribution in [1.29, 1.82) is 0 Å². The van der Waals surface area contributed by atoms with E-state index >= 15 is 0 Å². The van der Waals surface area contributed by atoms with E-state index in [0.29, 0.717) is 13.2 Å². The molecule has 0 aromatic heterocycles. The summed E-state index contributed by atoms with van der Waals surface area (Å²) in [6.07, 6.45) is 3.49. The summed E-state index contributed by atoms with van der Waals surface area (Å²) < 4.78 is 11.6. The summed E-state index contributed by atoms with van der Waals surface area (Å²) in [5, 5.41) is 0. The molecule has 4 heteroatoms. The zero-order valence-corrected chi connectivity index (χ0v) is 13.3. The lowest BCUT2D eigenvalue weighted by atomic mass is 10.1. The van der Waals surface area contributed by atoms with Crippen molar-refractivity contribution in [3.8, 4) is 11.5 Å². The summed E-state index contributed by atoms with van der Waals surface area (Å²) in [5.41, 5.74) is 7.05. The highest BCUT2D eigenvalue weighted by atomic mass is 16.5. The highest BCUT2D eigenvalue weighted by Crippen LogP contribution is 2.29. The molecule has 1 aromatic rings. The van der Waals surface area contributed by atoms with Crippen LogP contribution in [0.4, 0.5) is 0 Å². The molecular formula is C17H28N2O2. The molecule has 1 aliphatic heterocycles. The van der Waals surface area contributed by atoms with E-state index in [0.717, 1.165) is 24.5 Å². The fourth-order valence-electron chi connectivity index (χ4n) is 2.73. The van der Waals surface area contributed by atoms with Crippen LogP contribution in [0.5, 0.6) is 11.5 Å². The molecule has 21 heavy (non-hydrogen) atoms. The largest absolute Gasteiger partial charge is 0.490 e. The number of nitrogens with zero attached hydrogens (tertiary/aromatic N) is 1. The third-order valence-electron chi connectivity index (χ3n) is 3.73. The van der Waals surface area contributed by atoms with Gasteiger partial charge in [0.05, 0.1) is 6.61 Å². The summed E-state index contributed by atoms with van der Waals surface area (Å²) in [6, 6.07) is 6.29. The minimum absolute atomic E-state index is 0.154. The normalized spacial score (nSPS) is 16.9. The SMILES string of the molecule is CCOc1cc(CC(C)N)ccc1OCCN1CCCC1. The Morgan fingerprint density at radius 2 is 1.95 bits per heavy atom. The van der Waals surface area contributed by atoms with Crippen LogP contribution >= 0.6 is 0 Å². The number of benzene rings is 1. The van der Waals surface area contributed by atoms with Gasteiger partial charge in [0, 0.05) is 12.6 Å². The van der Waals surface area contributed by atoms with Crippen molar-refractivity contribution < 1.29 is 9.47 Å². The zero-order valence-electron chi connectivity index (χ0n) is 13.3. The van der Waals surface area contributed by atoms with Gasteiger partial charge >= 0.3 is 0 Å². The summed E-state index contributed by atoms with van der Waals surface area (Å²) >= 11 is 0. The van der Waals surface area contributed by atoms with E-state index < -0.39 is 0 Å². The minimum atomic E-state index is 0.154. The van der Waals surface area contributed by atoms with E-state index in [-0.39, 0.29) is 6.04 Å². The lowest BCUT2D eigenvalue weighted by molar-refractivity contribution is 0.226. The van der Waals surface area contributed by atoms with Crippen LogP contribution in [0.25, 0.3) is 0 Å². The number of likely N-dealkylation sites (tertiary alicyclic amines) is 1. The van der Waals surface area contributed by atoms with Crippen LogP contribution in [0.2, 0.25) is 0 Å². The van der Waals surface area contributed by atoms with Gasteiger partial charge in [0.1, 0.15) is 6.61 Å². The highest BCUT2D eigenvalue weighted by molar-refractivity contribution is 5.43. The number of rotatable bonds is 8. The Labute approximate surface area is 128 Å². The molecule has 118 valence electrons. The molecule has 0 radical (unpaired) electrons. The smallest absolute Gasteiger partial charge is 0.161 e. The predicted octanol–water partition coefficient (Wildman–Crippen LogP) is 2.45. The van der Waals surface area contributed by atoms with Crippen LogP contribution in [0.1, 0.15) is 32.3 Å². The van der Waals surface area contributed by atoms with Gasteiger partial charge in [0.2, 0.25) is 0 Å². The van der Waals surface area contributed by atoms with Gasteiger partial charge in [0.25, 0.3) is 0 Å². The van der Waals surface area contributed by atoms with Gasteiger partial charge in [-0.25, -0.2) is 0 Å². The fourth-order valence-corrected chi connectivity index (χ4v) is 2.73. The quantitative estimate of drug-likeness (QED) is 0.799. The van der Waals surface area contributed by atoms with E-state index in [1.54, 1.807) is 0 Å².